The van der Waals surface area contributed by atoms with Crippen LogP contribution in [0.3, 0.4) is 0 Å². The lowest BCUT2D eigenvalue weighted by molar-refractivity contribution is -0.143. The lowest BCUT2D eigenvalue weighted by Crippen LogP contribution is -2.24. The molecular weight excluding hydrogens is 230 g/mol. The van der Waals surface area contributed by atoms with E-state index >= 15 is 0 Å². The number of rotatable bonds is 7. The van der Waals surface area contributed by atoms with E-state index in [0.717, 1.165) is 12.0 Å². The smallest absolute Gasteiger partial charge is 0.307 e. The van der Waals surface area contributed by atoms with Gasteiger partial charge in [0.05, 0.1) is 13.0 Å². The average molecular weight is 251 g/mol. The fourth-order valence-corrected chi connectivity index (χ4v) is 1.79. The molecule has 1 unspecified atom stereocenters. The molecule has 0 aliphatic carbocycles. The molecule has 0 saturated carbocycles. The summed E-state index contributed by atoms with van der Waals surface area (Å²) in [7, 11) is 0. The van der Waals surface area contributed by atoms with Gasteiger partial charge in [-0.3, -0.25) is 4.79 Å². The number of nitrogens with one attached hydrogen (secondary N) is 1. The second kappa shape index (κ2) is 7.71. The molecule has 100 valence electrons. The molecule has 1 aromatic carbocycles. The molecule has 4 nitrogen and oxygen atoms in total. The van der Waals surface area contributed by atoms with Crippen LogP contribution in [0.1, 0.15) is 38.3 Å². The van der Waals surface area contributed by atoms with Gasteiger partial charge < -0.3 is 15.2 Å². The number of benzene rings is 1. The molecule has 0 aliphatic heterocycles. The Bertz CT molecular complexity index is 362. The third-order valence-electron chi connectivity index (χ3n) is 2.73. The highest BCUT2D eigenvalue weighted by Gasteiger charge is 2.09. The van der Waals surface area contributed by atoms with Crippen LogP contribution in [0.25, 0.3) is 0 Å². The molecule has 2 N–H and O–H groups in total. The van der Waals surface area contributed by atoms with Crippen LogP contribution in [0.15, 0.2) is 24.3 Å². The van der Waals surface area contributed by atoms with Crippen LogP contribution in [0.2, 0.25) is 0 Å². The molecular formula is C14H21NO3. The maximum Gasteiger partial charge on any atom is 0.307 e. The standard InChI is InChI=1S/C14H21NO3/c1-3-13(11-5-7-12(16)8-6-11)15-10-9-14(17)18-4-2/h5-8,13,15-16H,3-4,9-10H2,1-2H3. The average Bonchev–Trinajstić information content (AvgIpc) is 2.36. The summed E-state index contributed by atoms with van der Waals surface area (Å²) in [5.74, 6) is 0.0886. The van der Waals surface area contributed by atoms with E-state index in [9.17, 15) is 9.90 Å². The van der Waals surface area contributed by atoms with Crippen LogP contribution in [0, 0.1) is 0 Å². The summed E-state index contributed by atoms with van der Waals surface area (Å²) in [5.41, 5.74) is 1.11. The van der Waals surface area contributed by atoms with Gasteiger partial charge in [-0.05, 0) is 31.0 Å². The number of carbonyl (C=O) groups is 1. The van der Waals surface area contributed by atoms with E-state index in [-0.39, 0.29) is 17.8 Å². The number of phenols is 1. The highest BCUT2D eigenvalue weighted by Crippen LogP contribution is 2.19. The molecule has 0 spiro atoms. The Morgan fingerprint density at radius 2 is 2.00 bits per heavy atom. The molecule has 0 bridgehead atoms. The predicted octanol–water partition coefficient (Wildman–Crippen LogP) is 2.39. The van der Waals surface area contributed by atoms with Crippen molar-refractivity contribution in [2.75, 3.05) is 13.2 Å². The van der Waals surface area contributed by atoms with Gasteiger partial charge in [0.1, 0.15) is 5.75 Å². The minimum absolute atomic E-state index is 0.175. The Hall–Kier alpha value is -1.55. The van der Waals surface area contributed by atoms with Crippen LogP contribution in [0.5, 0.6) is 5.75 Å². The van der Waals surface area contributed by atoms with Crippen LogP contribution >= 0.6 is 0 Å². The molecule has 0 aromatic heterocycles. The molecule has 18 heavy (non-hydrogen) atoms. The zero-order chi connectivity index (χ0) is 13.4. The lowest BCUT2D eigenvalue weighted by atomic mass is 10.0. The Kier molecular flexibility index (Phi) is 6.22. The van der Waals surface area contributed by atoms with Gasteiger partial charge in [-0.25, -0.2) is 0 Å². The molecule has 0 heterocycles. The van der Waals surface area contributed by atoms with Gasteiger partial charge in [-0.15, -0.1) is 0 Å². The second-order valence-electron chi connectivity index (χ2n) is 4.06. The van der Waals surface area contributed by atoms with E-state index in [0.29, 0.717) is 19.6 Å². The van der Waals surface area contributed by atoms with E-state index in [1.54, 1.807) is 19.1 Å². The maximum atomic E-state index is 11.2. The minimum Gasteiger partial charge on any atom is -0.508 e. The van der Waals surface area contributed by atoms with Crippen molar-refractivity contribution in [3.8, 4) is 5.75 Å². The summed E-state index contributed by atoms with van der Waals surface area (Å²) >= 11 is 0. The molecule has 0 amide bonds. The van der Waals surface area contributed by atoms with Crippen LogP contribution in [-0.2, 0) is 9.53 Å². The van der Waals surface area contributed by atoms with Crippen molar-refractivity contribution in [2.45, 2.75) is 32.7 Å². The summed E-state index contributed by atoms with van der Waals surface area (Å²) in [6, 6.07) is 7.32. The van der Waals surface area contributed by atoms with Gasteiger partial charge in [-0.1, -0.05) is 19.1 Å². The molecule has 4 heteroatoms. The van der Waals surface area contributed by atoms with E-state index in [4.69, 9.17) is 4.74 Å². The largest absolute Gasteiger partial charge is 0.508 e. The highest BCUT2D eigenvalue weighted by molar-refractivity contribution is 5.69. The van der Waals surface area contributed by atoms with Gasteiger partial charge in [0.25, 0.3) is 0 Å². The fraction of sp³-hybridized carbons (Fsp3) is 0.500. The van der Waals surface area contributed by atoms with Crippen molar-refractivity contribution < 1.29 is 14.6 Å². The molecule has 1 rings (SSSR count). The van der Waals surface area contributed by atoms with E-state index in [2.05, 4.69) is 12.2 Å². The zero-order valence-corrected chi connectivity index (χ0v) is 11.0. The quantitative estimate of drug-likeness (QED) is 0.730. The molecule has 0 radical (unpaired) electrons. The number of hydrogen-bond acceptors (Lipinski definition) is 4. The third kappa shape index (κ3) is 4.75. The molecule has 1 atom stereocenters. The monoisotopic (exact) mass is 251 g/mol. The van der Waals surface area contributed by atoms with Gasteiger partial charge in [-0.2, -0.15) is 0 Å². The Balaban J connectivity index is 2.42. The van der Waals surface area contributed by atoms with E-state index in [1.165, 1.54) is 0 Å². The van der Waals surface area contributed by atoms with Crippen LogP contribution in [-0.4, -0.2) is 24.2 Å². The Labute approximate surface area is 108 Å². The third-order valence-corrected chi connectivity index (χ3v) is 2.73. The summed E-state index contributed by atoms with van der Waals surface area (Å²) in [5, 5.41) is 12.5. The topological polar surface area (TPSA) is 58.6 Å². The first-order valence-electron chi connectivity index (χ1n) is 6.35. The van der Waals surface area contributed by atoms with E-state index < -0.39 is 0 Å². The van der Waals surface area contributed by atoms with E-state index in [1.807, 2.05) is 12.1 Å². The number of carbonyl (C=O) groups excluding carboxylic acids is 1. The number of aromatic hydroxyl groups is 1. The maximum absolute atomic E-state index is 11.2. The first-order chi connectivity index (χ1) is 8.67. The van der Waals surface area contributed by atoms with Gasteiger partial charge >= 0.3 is 5.97 Å². The zero-order valence-electron chi connectivity index (χ0n) is 11.0. The molecule has 0 aliphatic rings. The Morgan fingerprint density at radius 3 is 2.56 bits per heavy atom. The summed E-state index contributed by atoms with van der Waals surface area (Å²) in [4.78, 5) is 11.2. The van der Waals surface area contributed by atoms with Gasteiger partial charge in [0.15, 0.2) is 0 Å². The van der Waals surface area contributed by atoms with Crippen molar-refractivity contribution in [1.29, 1.82) is 0 Å². The van der Waals surface area contributed by atoms with Crippen molar-refractivity contribution in [1.82, 2.24) is 5.32 Å². The number of esters is 1. The normalized spacial score (nSPS) is 12.1. The Morgan fingerprint density at radius 1 is 1.33 bits per heavy atom. The van der Waals surface area contributed by atoms with Crippen LogP contribution < -0.4 is 5.32 Å². The number of hydrogen-bond donors (Lipinski definition) is 2. The predicted molar refractivity (Wildman–Crippen MR) is 70.4 cm³/mol. The highest BCUT2D eigenvalue weighted by atomic mass is 16.5. The molecule has 0 saturated heterocycles. The summed E-state index contributed by atoms with van der Waals surface area (Å²) in [6.45, 7) is 4.90. The first kappa shape index (κ1) is 14.5. The fourth-order valence-electron chi connectivity index (χ4n) is 1.79. The summed E-state index contributed by atoms with van der Waals surface area (Å²) < 4.78 is 4.87. The SMILES string of the molecule is CCOC(=O)CCNC(CC)c1ccc(O)cc1. The minimum atomic E-state index is -0.175. The van der Waals surface area contributed by atoms with Crippen molar-refractivity contribution >= 4 is 5.97 Å². The van der Waals surface area contributed by atoms with Gasteiger partial charge in [0.2, 0.25) is 0 Å². The van der Waals surface area contributed by atoms with Crippen molar-refractivity contribution in [2.24, 2.45) is 0 Å². The first-order valence-corrected chi connectivity index (χ1v) is 6.35. The molecule has 0 fully saturated rings. The van der Waals surface area contributed by atoms with Crippen molar-refractivity contribution in [3.05, 3.63) is 29.8 Å². The second-order valence-corrected chi connectivity index (χ2v) is 4.06. The molecule has 1 aromatic rings. The number of phenolic OH excluding ortho intramolecular Hbond substituents is 1. The van der Waals surface area contributed by atoms with Crippen molar-refractivity contribution in [3.63, 3.8) is 0 Å². The van der Waals surface area contributed by atoms with Crippen LogP contribution in [0.4, 0.5) is 0 Å². The summed E-state index contributed by atoms with van der Waals surface area (Å²) in [6.07, 6.45) is 1.30. The number of ether oxygens (including phenoxy) is 1. The lowest BCUT2D eigenvalue weighted by Gasteiger charge is -2.17. The van der Waals surface area contributed by atoms with Gasteiger partial charge in [0, 0.05) is 12.6 Å².